The van der Waals surface area contributed by atoms with E-state index in [1.165, 1.54) is 12.8 Å². The van der Waals surface area contributed by atoms with E-state index in [-0.39, 0.29) is 0 Å². The molecule has 0 aromatic rings. The third-order valence-corrected chi connectivity index (χ3v) is 4.05. The van der Waals surface area contributed by atoms with Gasteiger partial charge >= 0.3 is 0 Å². The van der Waals surface area contributed by atoms with Crippen LogP contribution in [0.5, 0.6) is 0 Å². The largest absolute Gasteiger partial charge is 0.248 e. The maximum Gasteiger partial charge on any atom is 0.0803 e. The van der Waals surface area contributed by atoms with Crippen molar-refractivity contribution in [1.29, 1.82) is 0 Å². The van der Waals surface area contributed by atoms with Gasteiger partial charge in [0.15, 0.2) is 0 Å². The molecule has 1 nitrogen and oxygen atoms in total. The highest BCUT2D eigenvalue weighted by molar-refractivity contribution is 8.69. The lowest BCUT2D eigenvalue weighted by Crippen LogP contribution is -2.00. The molecule has 0 bridgehead atoms. The Balaban J connectivity index is 0.000000291. The fraction of sp³-hybridized carbons (Fsp3) is 1.00. The van der Waals surface area contributed by atoms with Crippen molar-refractivity contribution in [2.75, 3.05) is 11.5 Å². The summed E-state index contributed by atoms with van der Waals surface area (Å²) in [6, 6.07) is 0. The third-order valence-electron chi connectivity index (χ3n) is 0.920. The number of hydrogen-bond donors (Lipinski definition) is 0. The highest BCUT2D eigenvalue weighted by atomic mass is 33.1. The average molecular weight is 166 g/mol. The van der Waals surface area contributed by atoms with Gasteiger partial charge in [-0.15, -0.1) is 0 Å². The molecule has 9 heavy (non-hydrogen) atoms. The first kappa shape index (κ1) is 9.50. The van der Waals surface area contributed by atoms with Crippen LogP contribution in [0.3, 0.4) is 0 Å². The normalized spacial score (nSPS) is 26.2. The van der Waals surface area contributed by atoms with Gasteiger partial charge in [0.25, 0.3) is 0 Å². The lowest BCUT2D eigenvalue weighted by molar-refractivity contribution is 0.687. The Morgan fingerprint density at radius 1 is 1.33 bits per heavy atom. The second kappa shape index (κ2) is 6.62. The molecular formula is C6H14OS2. The summed E-state index contributed by atoms with van der Waals surface area (Å²) < 4.78 is 10.5. The van der Waals surface area contributed by atoms with Gasteiger partial charge in [0.1, 0.15) is 0 Å². The molecule has 0 radical (unpaired) electrons. The summed E-state index contributed by atoms with van der Waals surface area (Å²) in [6.07, 6.45) is 2.43. The molecule has 0 aromatic carbocycles. The summed E-state index contributed by atoms with van der Waals surface area (Å²) in [6.45, 7) is 4.00. The van der Waals surface area contributed by atoms with Gasteiger partial charge in [-0.1, -0.05) is 24.6 Å². The van der Waals surface area contributed by atoms with Crippen LogP contribution in [0, 0.1) is 0 Å². The summed E-state index contributed by atoms with van der Waals surface area (Å²) in [5, 5.41) is 0. The van der Waals surface area contributed by atoms with E-state index in [9.17, 15) is 4.21 Å². The van der Waals surface area contributed by atoms with Gasteiger partial charge in [-0.25, -0.2) is 4.21 Å². The van der Waals surface area contributed by atoms with Crippen LogP contribution < -0.4 is 0 Å². The molecule has 1 aliphatic heterocycles. The van der Waals surface area contributed by atoms with E-state index in [0.29, 0.717) is 0 Å². The Morgan fingerprint density at radius 2 is 2.00 bits per heavy atom. The van der Waals surface area contributed by atoms with Crippen LogP contribution in [0.1, 0.15) is 26.7 Å². The van der Waals surface area contributed by atoms with Crippen molar-refractivity contribution >= 4 is 20.6 Å². The van der Waals surface area contributed by atoms with Gasteiger partial charge in [-0.2, -0.15) is 0 Å². The SMILES string of the molecule is CC.O=S1CCCCS1. The fourth-order valence-electron chi connectivity index (χ4n) is 0.533. The predicted molar refractivity (Wildman–Crippen MR) is 46.0 cm³/mol. The molecule has 1 unspecified atom stereocenters. The molecule has 0 amide bonds. The second-order valence-electron chi connectivity index (χ2n) is 1.54. The smallest absolute Gasteiger partial charge is 0.0803 e. The van der Waals surface area contributed by atoms with Gasteiger partial charge in [-0.3, -0.25) is 0 Å². The molecule has 1 aliphatic rings. The molecule has 0 spiro atoms. The molecule has 0 N–H and O–H groups in total. The monoisotopic (exact) mass is 166 g/mol. The highest BCUT2D eigenvalue weighted by Crippen LogP contribution is 2.17. The van der Waals surface area contributed by atoms with E-state index in [4.69, 9.17) is 0 Å². The minimum Gasteiger partial charge on any atom is -0.248 e. The van der Waals surface area contributed by atoms with Crippen LogP contribution in [0.15, 0.2) is 0 Å². The third kappa shape index (κ3) is 4.97. The zero-order valence-electron chi connectivity index (χ0n) is 6.05. The summed E-state index contributed by atoms with van der Waals surface area (Å²) in [4.78, 5) is 0. The van der Waals surface area contributed by atoms with E-state index in [1.54, 1.807) is 10.8 Å². The molecular weight excluding hydrogens is 152 g/mol. The predicted octanol–water partition coefficient (Wildman–Crippen LogP) is 2.20. The topological polar surface area (TPSA) is 17.1 Å². The van der Waals surface area contributed by atoms with E-state index in [0.717, 1.165) is 11.5 Å². The molecule has 0 aliphatic carbocycles. The van der Waals surface area contributed by atoms with E-state index in [2.05, 4.69) is 0 Å². The van der Waals surface area contributed by atoms with Crippen molar-refractivity contribution in [3.63, 3.8) is 0 Å². The van der Waals surface area contributed by atoms with Gasteiger partial charge in [-0.05, 0) is 12.8 Å². The van der Waals surface area contributed by atoms with Gasteiger partial charge in [0.05, 0.1) is 9.83 Å². The lowest BCUT2D eigenvalue weighted by atomic mass is 10.4. The molecule has 1 fully saturated rings. The van der Waals surface area contributed by atoms with Crippen LogP contribution in [0.2, 0.25) is 0 Å². The summed E-state index contributed by atoms with van der Waals surface area (Å²) in [7, 11) is 1.07. The number of hydrogen-bond acceptors (Lipinski definition) is 2. The maximum absolute atomic E-state index is 10.5. The Morgan fingerprint density at radius 3 is 2.22 bits per heavy atom. The summed E-state index contributed by atoms with van der Waals surface area (Å²) in [5.41, 5.74) is 0. The van der Waals surface area contributed by atoms with Crippen molar-refractivity contribution in [3.8, 4) is 0 Å². The van der Waals surface area contributed by atoms with Crippen molar-refractivity contribution in [2.24, 2.45) is 0 Å². The standard InChI is InChI=1S/C4H8OS2.C2H6/c5-7-4-2-1-3-6-7;1-2/h1-4H2;1-2H3. The Bertz CT molecular complexity index is 75.1. The van der Waals surface area contributed by atoms with Crippen molar-refractivity contribution in [3.05, 3.63) is 0 Å². The van der Waals surface area contributed by atoms with Crippen molar-refractivity contribution in [1.82, 2.24) is 0 Å². The summed E-state index contributed by atoms with van der Waals surface area (Å²) in [5.74, 6) is 2.03. The maximum atomic E-state index is 10.5. The first-order chi connectivity index (χ1) is 4.39. The van der Waals surface area contributed by atoms with Crippen LogP contribution in [0.25, 0.3) is 0 Å². The summed E-state index contributed by atoms with van der Waals surface area (Å²) >= 11 is 0. The van der Waals surface area contributed by atoms with E-state index >= 15 is 0 Å². The van der Waals surface area contributed by atoms with Gasteiger partial charge < -0.3 is 0 Å². The quantitative estimate of drug-likeness (QED) is 0.513. The molecule has 1 saturated heterocycles. The molecule has 1 atom stereocenters. The minimum atomic E-state index is -0.524. The highest BCUT2D eigenvalue weighted by Gasteiger charge is 2.05. The molecule has 1 heterocycles. The Labute approximate surface area is 63.5 Å². The minimum absolute atomic E-state index is 0.524. The zero-order chi connectivity index (χ0) is 7.11. The lowest BCUT2D eigenvalue weighted by Gasteiger charge is -2.05. The second-order valence-corrected chi connectivity index (χ2v) is 5.02. The first-order valence-corrected chi connectivity index (χ1v) is 6.23. The molecule has 3 heteroatoms. The van der Waals surface area contributed by atoms with E-state index < -0.39 is 9.83 Å². The van der Waals surface area contributed by atoms with E-state index in [1.807, 2.05) is 13.8 Å². The van der Waals surface area contributed by atoms with Crippen LogP contribution in [0.4, 0.5) is 0 Å². The van der Waals surface area contributed by atoms with Gasteiger partial charge in [0, 0.05) is 11.5 Å². The number of rotatable bonds is 0. The molecule has 0 aromatic heterocycles. The molecule has 56 valence electrons. The average Bonchev–Trinajstić information content (AvgIpc) is 1.94. The van der Waals surface area contributed by atoms with Crippen LogP contribution in [-0.4, -0.2) is 15.7 Å². The van der Waals surface area contributed by atoms with Crippen molar-refractivity contribution in [2.45, 2.75) is 26.7 Å². The fourth-order valence-corrected chi connectivity index (χ4v) is 3.22. The molecule has 1 rings (SSSR count). The Hall–Kier alpha value is 0.500. The van der Waals surface area contributed by atoms with Crippen LogP contribution >= 0.6 is 10.8 Å². The van der Waals surface area contributed by atoms with Crippen molar-refractivity contribution < 1.29 is 4.21 Å². The molecule has 0 saturated carbocycles. The zero-order valence-corrected chi connectivity index (χ0v) is 7.69. The Kier molecular flexibility index (Phi) is 6.99. The van der Waals surface area contributed by atoms with Crippen LogP contribution in [-0.2, 0) is 9.83 Å². The van der Waals surface area contributed by atoms with Gasteiger partial charge in [0.2, 0.25) is 0 Å². The first-order valence-electron chi connectivity index (χ1n) is 3.41.